The summed E-state index contributed by atoms with van der Waals surface area (Å²) in [7, 11) is 0. The highest BCUT2D eigenvalue weighted by Crippen LogP contribution is 2.31. The average Bonchev–Trinajstić information content (AvgIpc) is 3.57. The molecule has 1 aliphatic carbocycles. The minimum Gasteiger partial charge on any atom is -0.493 e. The number of hydrogen-bond acceptors (Lipinski definition) is 8. The Morgan fingerprint density at radius 3 is 2.65 bits per heavy atom. The molecular weight excluding hydrogens is 516 g/mol. The van der Waals surface area contributed by atoms with Gasteiger partial charge in [-0.2, -0.15) is 15.4 Å². The molecule has 2 fully saturated rings. The maximum atomic E-state index is 13.5. The zero-order chi connectivity index (χ0) is 27.6. The van der Waals surface area contributed by atoms with Gasteiger partial charge in [0.2, 0.25) is 0 Å². The molecule has 1 saturated heterocycles. The second-order valence-electron chi connectivity index (χ2n) is 10.4. The van der Waals surface area contributed by atoms with E-state index in [-0.39, 0.29) is 43.1 Å². The van der Waals surface area contributed by atoms with Crippen LogP contribution in [0.2, 0.25) is 0 Å². The molecule has 208 valence electrons. The molecule has 2 aromatic carbocycles. The van der Waals surface area contributed by atoms with Crippen molar-refractivity contribution < 1.29 is 28.6 Å². The number of aromatic amines is 1. The molecule has 3 aliphatic heterocycles. The zero-order valence-corrected chi connectivity index (χ0v) is 22.0. The Bertz CT molecular complexity index is 1420. The molecule has 40 heavy (non-hydrogen) atoms. The fraction of sp³-hybridized carbons (Fsp3) is 0.393. The lowest BCUT2D eigenvalue weighted by Crippen LogP contribution is -2.45. The van der Waals surface area contributed by atoms with Gasteiger partial charge in [0.25, 0.3) is 17.7 Å². The summed E-state index contributed by atoms with van der Waals surface area (Å²) >= 11 is 0. The topological polar surface area (TPSA) is 148 Å². The van der Waals surface area contributed by atoms with Crippen LogP contribution in [0.5, 0.6) is 17.2 Å². The van der Waals surface area contributed by atoms with Crippen LogP contribution >= 0.6 is 0 Å². The van der Waals surface area contributed by atoms with Crippen LogP contribution in [0.4, 0.5) is 0 Å². The number of hydrogen-bond donors (Lipinski definition) is 3. The van der Waals surface area contributed by atoms with E-state index in [1.807, 2.05) is 12.1 Å². The minimum atomic E-state index is -0.522. The normalized spacial score (nSPS) is 21.0. The Kier molecular flexibility index (Phi) is 6.97. The highest BCUT2D eigenvalue weighted by Gasteiger charge is 2.39. The van der Waals surface area contributed by atoms with Crippen LogP contribution in [-0.2, 0) is 11.3 Å². The Balaban J connectivity index is 1.29. The minimum absolute atomic E-state index is 0.211. The molecule has 0 radical (unpaired) electrons. The fourth-order valence-electron chi connectivity index (χ4n) is 4.72. The predicted molar refractivity (Wildman–Crippen MR) is 141 cm³/mol. The van der Waals surface area contributed by atoms with Crippen molar-refractivity contribution in [3.63, 3.8) is 0 Å². The predicted octanol–water partition coefficient (Wildman–Crippen LogP) is 1.61. The summed E-state index contributed by atoms with van der Waals surface area (Å²) in [6, 6.07) is 11.7. The quantitative estimate of drug-likeness (QED) is 0.447. The number of likely N-dealkylation sites (tertiary alicyclic amines) is 1. The highest BCUT2D eigenvalue weighted by molar-refractivity contribution is 5.96. The first-order chi connectivity index (χ1) is 19.4. The molecule has 3 aromatic rings. The Labute approximate surface area is 230 Å². The maximum absolute atomic E-state index is 13.5. The van der Waals surface area contributed by atoms with E-state index in [0.717, 1.165) is 18.4 Å². The lowest BCUT2D eigenvalue weighted by atomic mass is 10.1. The lowest BCUT2D eigenvalue weighted by Gasteiger charge is -2.21. The van der Waals surface area contributed by atoms with Crippen molar-refractivity contribution in [2.24, 2.45) is 5.92 Å². The monoisotopic (exact) mass is 546 g/mol. The average molecular weight is 547 g/mol. The van der Waals surface area contributed by atoms with Gasteiger partial charge >= 0.3 is 0 Å². The largest absolute Gasteiger partial charge is 0.493 e. The first-order valence-electron chi connectivity index (χ1n) is 13.3. The first kappa shape index (κ1) is 25.7. The fourth-order valence-corrected chi connectivity index (χ4v) is 4.72. The molecule has 2 atom stereocenters. The van der Waals surface area contributed by atoms with Gasteiger partial charge in [-0.1, -0.05) is 12.1 Å². The van der Waals surface area contributed by atoms with Crippen LogP contribution in [0.15, 0.2) is 42.5 Å². The number of aryl methyl sites for hydroxylation is 1. The first-order valence-corrected chi connectivity index (χ1v) is 13.3. The van der Waals surface area contributed by atoms with Crippen LogP contribution in [-0.4, -0.2) is 76.5 Å². The van der Waals surface area contributed by atoms with Gasteiger partial charge in [0.15, 0.2) is 12.3 Å². The van der Waals surface area contributed by atoms with Gasteiger partial charge < -0.3 is 29.7 Å². The van der Waals surface area contributed by atoms with Crippen molar-refractivity contribution >= 4 is 17.7 Å². The number of nitrogens with one attached hydrogen (secondary N) is 3. The van der Waals surface area contributed by atoms with Crippen molar-refractivity contribution in [1.29, 1.82) is 0 Å². The molecule has 1 aromatic heterocycles. The molecule has 7 rings (SSSR count). The third kappa shape index (κ3) is 5.85. The number of nitrogens with zero attached hydrogens (tertiary/aromatic N) is 3. The SMILES string of the molecule is Cc1n[nH]nc1C(=O)N1C[C@@H]2NC(=O)c3cc(cc(OCC4CC4)c3)OCC(=O)NCc3ccc(cc3)O[C@H]2C1. The standard InChI is InChI=1S/C28H30N6O6/c1-16-26(32-33-31-16)28(37)34-12-23-24(13-34)40-20-6-4-17(5-7-20)11-29-25(35)15-39-22-9-19(27(36)30-23)8-21(10-22)38-14-18-2-3-18/h4-10,18,23-24H,2-3,11-15H2,1H3,(H,29,35)(H,30,36)(H,31,32,33)/t23-,24-/m0/s1. The molecule has 0 spiro atoms. The highest BCUT2D eigenvalue weighted by atomic mass is 16.5. The van der Waals surface area contributed by atoms with Crippen LogP contribution in [0.1, 0.15) is 44.9 Å². The van der Waals surface area contributed by atoms with Crippen LogP contribution in [0.25, 0.3) is 0 Å². The van der Waals surface area contributed by atoms with Crippen molar-refractivity contribution in [3.8, 4) is 17.2 Å². The van der Waals surface area contributed by atoms with E-state index in [9.17, 15) is 14.4 Å². The molecular formula is C28H30N6O6. The molecule has 12 heteroatoms. The third-order valence-corrected chi connectivity index (χ3v) is 7.19. The summed E-state index contributed by atoms with van der Waals surface area (Å²) in [4.78, 5) is 40.8. The van der Waals surface area contributed by atoms with E-state index in [0.29, 0.717) is 47.6 Å². The van der Waals surface area contributed by atoms with Gasteiger partial charge in [0, 0.05) is 24.7 Å². The van der Waals surface area contributed by atoms with E-state index >= 15 is 0 Å². The zero-order valence-electron chi connectivity index (χ0n) is 22.0. The molecule has 3 amide bonds. The number of fused-ring (bicyclic) bond motifs is 7. The van der Waals surface area contributed by atoms with Gasteiger partial charge in [0.1, 0.15) is 23.4 Å². The number of carbonyl (C=O) groups excluding carboxylic acids is 3. The summed E-state index contributed by atoms with van der Waals surface area (Å²) in [5, 5.41) is 16.3. The van der Waals surface area contributed by atoms with E-state index in [2.05, 4.69) is 26.0 Å². The summed E-state index contributed by atoms with van der Waals surface area (Å²) < 4.78 is 18.0. The van der Waals surface area contributed by atoms with Crippen LogP contribution < -0.4 is 24.8 Å². The Hall–Kier alpha value is -4.61. The summed E-state index contributed by atoms with van der Waals surface area (Å²) in [6.07, 6.45) is 1.72. The van der Waals surface area contributed by atoms with E-state index < -0.39 is 12.1 Å². The Morgan fingerprint density at radius 1 is 1.07 bits per heavy atom. The lowest BCUT2D eigenvalue weighted by molar-refractivity contribution is -0.123. The van der Waals surface area contributed by atoms with Crippen molar-refractivity contribution in [3.05, 3.63) is 65.0 Å². The van der Waals surface area contributed by atoms with Crippen molar-refractivity contribution in [2.75, 3.05) is 26.3 Å². The summed E-state index contributed by atoms with van der Waals surface area (Å²) in [6.45, 7) is 2.84. The van der Waals surface area contributed by atoms with Crippen LogP contribution in [0.3, 0.4) is 0 Å². The molecule has 4 heterocycles. The Morgan fingerprint density at radius 2 is 1.90 bits per heavy atom. The molecule has 1 saturated carbocycles. The number of ether oxygens (including phenoxy) is 3. The maximum Gasteiger partial charge on any atom is 0.276 e. The number of benzene rings is 2. The van der Waals surface area contributed by atoms with Gasteiger partial charge in [-0.15, -0.1) is 0 Å². The molecule has 4 aliphatic rings. The number of carbonyl (C=O) groups is 3. The van der Waals surface area contributed by atoms with Crippen molar-refractivity contribution in [1.82, 2.24) is 30.9 Å². The molecule has 3 N–H and O–H groups in total. The number of amides is 3. The molecule has 4 bridgehead atoms. The van der Waals surface area contributed by atoms with E-state index in [4.69, 9.17) is 14.2 Å². The summed E-state index contributed by atoms with van der Waals surface area (Å²) in [5.41, 5.74) is 1.92. The second-order valence-corrected chi connectivity index (χ2v) is 10.4. The van der Waals surface area contributed by atoms with Gasteiger partial charge in [-0.05, 0) is 55.5 Å². The summed E-state index contributed by atoms with van der Waals surface area (Å²) in [5.74, 6) is 0.968. The molecule has 12 nitrogen and oxygen atoms in total. The van der Waals surface area contributed by atoms with Gasteiger partial charge in [-0.25, -0.2) is 0 Å². The second kappa shape index (κ2) is 10.9. The van der Waals surface area contributed by atoms with Gasteiger partial charge in [0.05, 0.1) is 24.9 Å². The number of H-pyrrole nitrogens is 1. The van der Waals surface area contributed by atoms with E-state index in [1.165, 1.54) is 0 Å². The number of rotatable bonds is 4. The van der Waals surface area contributed by atoms with Gasteiger partial charge in [-0.3, -0.25) is 14.4 Å². The van der Waals surface area contributed by atoms with E-state index in [1.54, 1.807) is 42.2 Å². The smallest absolute Gasteiger partial charge is 0.276 e. The molecule has 0 unspecified atom stereocenters. The van der Waals surface area contributed by atoms with Crippen molar-refractivity contribution in [2.45, 2.75) is 38.5 Å². The van der Waals surface area contributed by atoms with Crippen LogP contribution in [0, 0.1) is 12.8 Å². The number of aromatic nitrogens is 3. The third-order valence-electron chi connectivity index (χ3n) is 7.19.